The van der Waals surface area contributed by atoms with Crippen LogP contribution in [-0.4, -0.2) is 20.8 Å². The summed E-state index contributed by atoms with van der Waals surface area (Å²) >= 11 is 0. The molecule has 0 aliphatic carbocycles. The molecule has 4 aromatic rings. The van der Waals surface area contributed by atoms with Gasteiger partial charge in [-0.3, -0.25) is 9.78 Å². The second-order valence-electron chi connectivity index (χ2n) is 7.68. The topological polar surface area (TPSA) is 49.0 Å². The lowest BCUT2D eigenvalue weighted by atomic mass is 10.1. The number of benzene rings is 2. The van der Waals surface area contributed by atoms with Gasteiger partial charge in [-0.2, -0.15) is 0 Å². The number of carbonyl (C=O) groups excluding carboxylic acids is 1. The number of nitrogens with one attached hydrogen (secondary N) is 1. The largest absolute Gasteiger partial charge is 0.351 e. The number of hydrogen-bond acceptors (Lipinski definition) is 2. The summed E-state index contributed by atoms with van der Waals surface area (Å²) in [5.41, 5.74) is 7.32. The predicted octanol–water partition coefficient (Wildman–Crippen LogP) is 5.33. The molecule has 0 aliphatic rings. The van der Waals surface area contributed by atoms with Gasteiger partial charge in [0.25, 0.3) is 5.91 Å². The number of fused-ring (bicyclic) bond motifs is 1. The van der Waals surface area contributed by atoms with Gasteiger partial charge in [0.2, 0.25) is 0 Å². The highest BCUT2D eigenvalue weighted by atomic mass is 16.2. The zero-order chi connectivity index (χ0) is 20.4. The van der Waals surface area contributed by atoms with Crippen LogP contribution in [-0.2, 0) is 13.1 Å². The van der Waals surface area contributed by atoms with E-state index < -0.39 is 0 Å². The summed E-state index contributed by atoms with van der Waals surface area (Å²) in [5.74, 6) is -0.00893. The number of rotatable bonds is 5. The van der Waals surface area contributed by atoms with Crippen molar-refractivity contribution in [1.82, 2.24) is 14.9 Å². The van der Waals surface area contributed by atoms with Gasteiger partial charge in [-0.05, 0) is 66.8 Å². The van der Waals surface area contributed by atoms with E-state index in [-0.39, 0.29) is 5.91 Å². The van der Waals surface area contributed by atoms with Crippen molar-refractivity contribution in [2.24, 2.45) is 0 Å². The van der Waals surface area contributed by atoms with E-state index in [1.165, 1.54) is 16.7 Å². The molecule has 1 amide bonds. The maximum absolute atomic E-state index is 13.5. The molecule has 0 aliphatic heterocycles. The normalized spacial score (nSPS) is 11.0. The van der Waals surface area contributed by atoms with E-state index in [0.717, 1.165) is 22.0 Å². The summed E-state index contributed by atoms with van der Waals surface area (Å²) in [6, 6.07) is 18.3. The molecule has 4 nitrogen and oxygen atoms in total. The van der Waals surface area contributed by atoms with Crippen LogP contribution in [0, 0.1) is 20.8 Å². The first-order valence-corrected chi connectivity index (χ1v) is 9.84. The Balaban J connectivity index is 1.70. The zero-order valence-electron chi connectivity index (χ0n) is 17.1. The van der Waals surface area contributed by atoms with E-state index in [9.17, 15) is 4.79 Å². The molecule has 0 spiro atoms. The summed E-state index contributed by atoms with van der Waals surface area (Å²) < 4.78 is 0. The average molecular weight is 383 g/mol. The molecule has 0 unspecified atom stereocenters. The predicted molar refractivity (Wildman–Crippen MR) is 117 cm³/mol. The fourth-order valence-corrected chi connectivity index (χ4v) is 3.79. The molecule has 0 radical (unpaired) electrons. The number of aromatic amines is 1. The van der Waals surface area contributed by atoms with Crippen molar-refractivity contribution in [2.75, 3.05) is 0 Å². The molecule has 1 N–H and O–H groups in total. The molecule has 2 aromatic heterocycles. The Morgan fingerprint density at radius 2 is 1.79 bits per heavy atom. The summed E-state index contributed by atoms with van der Waals surface area (Å²) in [7, 11) is 0. The zero-order valence-corrected chi connectivity index (χ0v) is 17.1. The molecule has 0 saturated carbocycles. The minimum Gasteiger partial charge on any atom is -0.351 e. The average Bonchev–Trinajstić information content (AvgIpc) is 3.14. The van der Waals surface area contributed by atoms with Crippen molar-refractivity contribution in [3.63, 3.8) is 0 Å². The number of nitrogens with zero attached hydrogens (tertiary/aromatic N) is 2. The molecule has 0 fully saturated rings. The van der Waals surface area contributed by atoms with Gasteiger partial charge in [0, 0.05) is 36.4 Å². The standard InChI is InChI=1S/C25H25N3O/c1-17-11-19(3)22-13-24(27-23(22)12-17)25(29)28(15-20-8-6-10-26-14-20)16-21-9-5-4-7-18(21)2/h4-14,27H,15-16H2,1-3H3. The molecule has 4 rings (SSSR count). The Morgan fingerprint density at radius 3 is 2.55 bits per heavy atom. The van der Waals surface area contributed by atoms with Gasteiger partial charge in [-0.25, -0.2) is 0 Å². The van der Waals surface area contributed by atoms with Crippen molar-refractivity contribution in [3.05, 3.63) is 101 Å². The molecule has 0 bridgehead atoms. The first-order chi connectivity index (χ1) is 14.0. The van der Waals surface area contributed by atoms with Gasteiger partial charge in [0.1, 0.15) is 5.69 Å². The highest BCUT2D eigenvalue weighted by molar-refractivity contribution is 5.99. The van der Waals surface area contributed by atoms with Crippen LogP contribution in [0.15, 0.2) is 67.0 Å². The lowest BCUT2D eigenvalue weighted by Crippen LogP contribution is -2.30. The van der Waals surface area contributed by atoms with E-state index in [1.807, 2.05) is 41.4 Å². The smallest absolute Gasteiger partial charge is 0.270 e. The van der Waals surface area contributed by atoms with Crippen LogP contribution in [0.1, 0.15) is 38.3 Å². The van der Waals surface area contributed by atoms with Gasteiger partial charge >= 0.3 is 0 Å². The Hall–Kier alpha value is -3.40. The quantitative estimate of drug-likeness (QED) is 0.506. The van der Waals surface area contributed by atoms with E-state index in [1.54, 1.807) is 6.20 Å². The molecule has 2 heterocycles. The van der Waals surface area contributed by atoms with E-state index >= 15 is 0 Å². The number of carbonyl (C=O) groups is 1. The fraction of sp³-hybridized carbons (Fsp3) is 0.200. The van der Waals surface area contributed by atoms with Crippen LogP contribution in [0.2, 0.25) is 0 Å². The Kier molecular flexibility index (Phi) is 5.17. The van der Waals surface area contributed by atoms with Gasteiger partial charge in [-0.15, -0.1) is 0 Å². The molecule has 0 saturated heterocycles. The van der Waals surface area contributed by atoms with Gasteiger partial charge in [-0.1, -0.05) is 36.4 Å². The number of hydrogen-bond donors (Lipinski definition) is 1. The van der Waals surface area contributed by atoms with Crippen molar-refractivity contribution >= 4 is 16.8 Å². The Bertz CT molecular complexity index is 1160. The SMILES string of the molecule is Cc1cc(C)c2cc(C(=O)N(Cc3cccnc3)Cc3ccccc3C)[nH]c2c1. The fourth-order valence-electron chi connectivity index (χ4n) is 3.79. The van der Waals surface area contributed by atoms with E-state index in [0.29, 0.717) is 18.8 Å². The lowest BCUT2D eigenvalue weighted by Gasteiger charge is -2.23. The number of aromatic nitrogens is 2. The second-order valence-corrected chi connectivity index (χ2v) is 7.68. The maximum Gasteiger partial charge on any atom is 0.270 e. The minimum absolute atomic E-state index is 0.00893. The van der Waals surface area contributed by atoms with Crippen LogP contribution in [0.25, 0.3) is 10.9 Å². The minimum atomic E-state index is -0.00893. The maximum atomic E-state index is 13.5. The highest BCUT2D eigenvalue weighted by Crippen LogP contribution is 2.23. The summed E-state index contributed by atoms with van der Waals surface area (Å²) in [5, 5.41) is 1.09. The summed E-state index contributed by atoms with van der Waals surface area (Å²) in [6.07, 6.45) is 3.57. The number of amides is 1. The van der Waals surface area contributed by atoms with Crippen LogP contribution >= 0.6 is 0 Å². The van der Waals surface area contributed by atoms with Crippen molar-refractivity contribution in [2.45, 2.75) is 33.9 Å². The third kappa shape index (κ3) is 4.06. The molecule has 29 heavy (non-hydrogen) atoms. The third-order valence-corrected chi connectivity index (χ3v) is 5.33. The van der Waals surface area contributed by atoms with Crippen LogP contribution in [0.3, 0.4) is 0 Å². The van der Waals surface area contributed by atoms with Crippen molar-refractivity contribution in [3.8, 4) is 0 Å². The number of H-pyrrole nitrogens is 1. The Labute approximate surface area is 171 Å². The second kappa shape index (κ2) is 7.92. The van der Waals surface area contributed by atoms with E-state index in [4.69, 9.17) is 0 Å². The number of pyridine rings is 1. The Morgan fingerprint density at radius 1 is 0.966 bits per heavy atom. The molecule has 4 heteroatoms. The van der Waals surface area contributed by atoms with Crippen LogP contribution < -0.4 is 0 Å². The van der Waals surface area contributed by atoms with E-state index in [2.05, 4.69) is 55.0 Å². The van der Waals surface area contributed by atoms with Gasteiger partial charge in [0.15, 0.2) is 0 Å². The number of aryl methyl sites for hydroxylation is 3. The van der Waals surface area contributed by atoms with Crippen LogP contribution in [0.5, 0.6) is 0 Å². The van der Waals surface area contributed by atoms with Crippen LogP contribution in [0.4, 0.5) is 0 Å². The molecular formula is C25H25N3O. The van der Waals surface area contributed by atoms with Gasteiger partial charge < -0.3 is 9.88 Å². The van der Waals surface area contributed by atoms with Crippen molar-refractivity contribution in [1.29, 1.82) is 0 Å². The molecule has 146 valence electrons. The lowest BCUT2D eigenvalue weighted by molar-refractivity contribution is 0.0724. The monoisotopic (exact) mass is 383 g/mol. The molecular weight excluding hydrogens is 358 g/mol. The summed E-state index contributed by atoms with van der Waals surface area (Å²) in [6.45, 7) is 7.29. The van der Waals surface area contributed by atoms with Gasteiger partial charge in [0.05, 0.1) is 0 Å². The third-order valence-electron chi connectivity index (χ3n) is 5.33. The summed E-state index contributed by atoms with van der Waals surface area (Å²) in [4.78, 5) is 22.9. The first kappa shape index (κ1) is 18.9. The molecule has 0 atom stereocenters. The first-order valence-electron chi connectivity index (χ1n) is 9.84. The molecule has 2 aromatic carbocycles. The van der Waals surface area contributed by atoms with Crippen molar-refractivity contribution < 1.29 is 4.79 Å². The highest BCUT2D eigenvalue weighted by Gasteiger charge is 2.20.